The van der Waals surface area contributed by atoms with Gasteiger partial charge in [-0.15, -0.1) is 11.3 Å². The molecule has 4 nitrogen and oxygen atoms in total. The Morgan fingerprint density at radius 3 is 3.00 bits per heavy atom. The summed E-state index contributed by atoms with van der Waals surface area (Å²) in [5.74, 6) is 1.64. The zero-order valence-corrected chi connectivity index (χ0v) is 10.3. The Hall–Kier alpha value is -1.20. The molecule has 17 heavy (non-hydrogen) atoms. The van der Waals surface area contributed by atoms with Crippen molar-refractivity contribution in [2.45, 2.75) is 37.6 Å². The summed E-state index contributed by atoms with van der Waals surface area (Å²) in [7, 11) is 0. The number of rotatable bonds is 2. The second-order valence-electron chi connectivity index (χ2n) is 4.49. The second kappa shape index (κ2) is 4.58. The van der Waals surface area contributed by atoms with Gasteiger partial charge in [0.25, 0.3) is 0 Å². The van der Waals surface area contributed by atoms with E-state index < -0.39 is 0 Å². The van der Waals surface area contributed by atoms with Gasteiger partial charge in [-0.3, -0.25) is 0 Å². The van der Waals surface area contributed by atoms with Crippen LogP contribution in [0.5, 0.6) is 0 Å². The topological polar surface area (TPSA) is 64.9 Å². The molecule has 1 aliphatic carbocycles. The Labute approximate surface area is 104 Å². The van der Waals surface area contributed by atoms with Gasteiger partial charge in [0.1, 0.15) is 0 Å². The normalized spacial score (nSPS) is 25.0. The fraction of sp³-hybridized carbons (Fsp3) is 0.500. The summed E-state index contributed by atoms with van der Waals surface area (Å²) in [5, 5.41) is 6.05. The standard InChI is InChI=1S/C12H15N3OS/c13-9-5-2-1-4-8(9)12-14-11(15-16-12)10-6-3-7-17-10/h3,6-9H,1-2,4-5,13H2/t8-,9-/m1/s1. The van der Waals surface area contributed by atoms with Gasteiger partial charge in [0.05, 0.1) is 10.8 Å². The van der Waals surface area contributed by atoms with E-state index in [1.54, 1.807) is 11.3 Å². The molecule has 1 saturated carbocycles. The highest BCUT2D eigenvalue weighted by atomic mass is 32.1. The van der Waals surface area contributed by atoms with Crippen LogP contribution in [-0.2, 0) is 0 Å². The predicted octanol–water partition coefficient (Wildman–Crippen LogP) is 2.78. The molecule has 2 aromatic rings. The van der Waals surface area contributed by atoms with Crippen LogP contribution in [0.4, 0.5) is 0 Å². The van der Waals surface area contributed by atoms with Crippen molar-refractivity contribution < 1.29 is 4.52 Å². The van der Waals surface area contributed by atoms with Gasteiger partial charge in [0.15, 0.2) is 0 Å². The van der Waals surface area contributed by atoms with Gasteiger partial charge in [0, 0.05) is 6.04 Å². The van der Waals surface area contributed by atoms with E-state index >= 15 is 0 Å². The van der Waals surface area contributed by atoms with Crippen LogP contribution in [0.3, 0.4) is 0 Å². The Balaban J connectivity index is 1.84. The number of thiophene rings is 1. The van der Waals surface area contributed by atoms with Gasteiger partial charge in [-0.25, -0.2) is 0 Å². The lowest BCUT2D eigenvalue weighted by atomic mass is 9.85. The van der Waals surface area contributed by atoms with E-state index in [2.05, 4.69) is 10.1 Å². The Bertz CT molecular complexity index is 480. The first kappa shape index (κ1) is 10.9. The molecule has 2 heterocycles. The van der Waals surface area contributed by atoms with Crippen LogP contribution in [0.15, 0.2) is 22.0 Å². The van der Waals surface area contributed by atoms with Crippen LogP contribution in [0.1, 0.15) is 37.5 Å². The minimum atomic E-state index is 0.167. The van der Waals surface area contributed by atoms with Gasteiger partial charge in [0.2, 0.25) is 11.7 Å². The molecule has 0 bridgehead atoms. The van der Waals surface area contributed by atoms with Gasteiger partial charge >= 0.3 is 0 Å². The highest BCUT2D eigenvalue weighted by Crippen LogP contribution is 2.32. The quantitative estimate of drug-likeness (QED) is 0.888. The molecule has 0 amide bonds. The molecule has 2 N–H and O–H groups in total. The minimum Gasteiger partial charge on any atom is -0.339 e. The summed E-state index contributed by atoms with van der Waals surface area (Å²) in [6.45, 7) is 0. The first-order valence-corrected chi connectivity index (χ1v) is 6.85. The van der Waals surface area contributed by atoms with Crippen LogP contribution in [0.2, 0.25) is 0 Å². The van der Waals surface area contributed by atoms with Crippen molar-refractivity contribution in [3.63, 3.8) is 0 Å². The Morgan fingerprint density at radius 2 is 2.24 bits per heavy atom. The lowest BCUT2D eigenvalue weighted by molar-refractivity contribution is 0.290. The number of aromatic nitrogens is 2. The van der Waals surface area contributed by atoms with Crippen molar-refractivity contribution in [2.75, 3.05) is 0 Å². The van der Waals surface area contributed by atoms with Crippen molar-refractivity contribution in [1.82, 2.24) is 10.1 Å². The maximum atomic E-state index is 6.11. The van der Waals surface area contributed by atoms with Crippen molar-refractivity contribution in [3.8, 4) is 10.7 Å². The van der Waals surface area contributed by atoms with E-state index in [9.17, 15) is 0 Å². The predicted molar refractivity (Wildman–Crippen MR) is 66.8 cm³/mol. The molecule has 0 spiro atoms. The van der Waals surface area contributed by atoms with E-state index in [0.717, 1.165) is 17.7 Å². The van der Waals surface area contributed by atoms with Gasteiger partial charge < -0.3 is 10.3 Å². The molecule has 0 saturated heterocycles. The SMILES string of the molecule is N[C@@H]1CCCC[C@H]1c1nc(-c2cccs2)no1. The molecule has 0 aromatic carbocycles. The highest BCUT2D eigenvalue weighted by molar-refractivity contribution is 7.13. The molecule has 90 valence electrons. The van der Waals surface area contributed by atoms with E-state index in [4.69, 9.17) is 10.3 Å². The third kappa shape index (κ3) is 2.12. The zero-order chi connectivity index (χ0) is 11.7. The number of hydrogen-bond donors (Lipinski definition) is 1. The van der Waals surface area contributed by atoms with Crippen molar-refractivity contribution in [3.05, 3.63) is 23.4 Å². The van der Waals surface area contributed by atoms with E-state index in [1.807, 2.05) is 17.5 Å². The van der Waals surface area contributed by atoms with Crippen LogP contribution in [-0.4, -0.2) is 16.2 Å². The Morgan fingerprint density at radius 1 is 1.35 bits per heavy atom. The van der Waals surface area contributed by atoms with E-state index in [-0.39, 0.29) is 12.0 Å². The van der Waals surface area contributed by atoms with E-state index in [0.29, 0.717) is 11.7 Å². The Kier molecular flexibility index (Phi) is 2.94. The number of nitrogens with zero attached hydrogens (tertiary/aromatic N) is 2. The molecule has 1 fully saturated rings. The van der Waals surface area contributed by atoms with E-state index in [1.165, 1.54) is 12.8 Å². The molecule has 0 aliphatic heterocycles. The van der Waals surface area contributed by atoms with Crippen molar-refractivity contribution in [2.24, 2.45) is 5.73 Å². The van der Waals surface area contributed by atoms with Gasteiger partial charge in [-0.1, -0.05) is 24.1 Å². The summed E-state index contributed by atoms with van der Waals surface area (Å²) in [4.78, 5) is 5.53. The maximum absolute atomic E-state index is 6.11. The van der Waals surface area contributed by atoms with Crippen LogP contribution < -0.4 is 5.73 Å². The smallest absolute Gasteiger partial charge is 0.231 e. The third-order valence-electron chi connectivity index (χ3n) is 3.32. The van der Waals surface area contributed by atoms with Gasteiger partial charge in [-0.05, 0) is 24.3 Å². The first-order chi connectivity index (χ1) is 8.34. The fourth-order valence-corrected chi connectivity index (χ4v) is 3.01. The molecule has 5 heteroatoms. The highest BCUT2D eigenvalue weighted by Gasteiger charge is 2.28. The zero-order valence-electron chi connectivity index (χ0n) is 9.50. The summed E-state index contributed by atoms with van der Waals surface area (Å²) in [6, 6.07) is 4.16. The van der Waals surface area contributed by atoms with Crippen LogP contribution in [0.25, 0.3) is 10.7 Å². The molecule has 2 atom stereocenters. The average molecular weight is 249 g/mol. The minimum absolute atomic E-state index is 0.167. The van der Waals surface area contributed by atoms with Crippen LogP contribution in [0, 0.1) is 0 Å². The average Bonchev–Trinajstić information content (AvgIpc) is 3.00. The molecule has 0 radical (unpaired) electrons. The first-order valence-electron chi connectivity index (χ1n) is 5.97. The van der Waals surface area contributed by atoms with Crippen LogP contribution >= 0.6 is 11.3 Å². The van der Waals surface area contributed by atoms with Gasteiger partial charge in [-0.2, -0.15) is 4.98 Å². The fourth-order valence-electron chi connectivity index (χ4n) is 2.36. The lowest BCUT2D eigenvalue weighted by Gasteiger charge is -2.25. The molecule has 0 unspecified atom stereocenters. The molecule has 3 rings (SSSR count). The lowest BCUT2D eigenvalue weighted by Crippen LogP contribution is -2.31. The summed E-state index contributed by atoms with van der Waals surface area (Å²) in [6.07, 6.45) is 4.54. The third-order valence-corrected chi connectivity index (χ3v) is 4.19. The monoisotopic (exact) mass is 249 g/mol. The second-order valence-corrected chi connectivity index (χ2v) is 5.44. The number of hydrogen-bond acceptors (Lipinski definition) is 5. The molecule has 1 aliphatic rings. The molecular formula is C12H15N3OS. The summed E-state index contributed by atoms with van der Waals surface area (Å²) < 4.78 is 5.36. The molecular weight excluding hydrogens is 234 g/mol. The van der Waals surface area contributed by atoms with Crippen molar-refractivity contribution in [1.29, 1.82) is 0 Å². The number of nitrogens with two attached hydrogens (primary N) is 1. The summed E-state index contributed by atoms with van der Waals surface area (Å²) >= 11 is 1.62. The largest absolute Gasteiger partial charge is 0.339 e. The summed E-state index contributed by atoms with van der Waals surface area (Å²) in [5.41, 5.74) is 6.11. The maximum Gasteiger partial charge on any atom is 0.231 e. The van der Waals surface area contributed by atoms with Crippen molar-refractivity contribution >= 4 is 11.3 Å². The molecule has 2 aromatic heterocycles.